The summed E-state index contributed by atoms with van der Waals surface area (Å²) >= 11 is 0. The van der Waals surface area contributed by atoms with Gasteiger partial charge in [-0.15, -0.1) is 0 Å². The van der Waals surface area contributed by atoms with Crippen molar-refractivity contribution in [3.05, 3.63) is 23.8 Å². The molecule has 28 heavy (non-hydrogen) atoms. The molecule has 0 saturated carbocycles. The van der Waals surface area contributed by atoms with Crippen LogP contribution in [-0.2, 0) is 9.59 Å². The number of nitrogens with two attached hydrogens (primary N) is 1. The fraction of sp³-hybridized carbons (Fsp3) is 0.550. The van der Waals surface area contributed by atoms with E-state index in [-0.39, 0.29) is 23.6 Å². The fourth-order valence-electron chi connectivity index (χ4n) is 3.43. The monoisotopic (exact) mass is 395 g/mol. The van der Waals surface area contributed by atoms with Crippen LogP contribution in [0.3, 0.4) is 0 Å². The molecule has 0 unspecified atom stereocenters. The van der Waals surface area contributed by atoms with E-state index < -0.39 is 40.8 Å². The summed E-state index contributed by atoms with van der Waals surface area (Å²) in [6, 6.07) is 4.10. The third-order valence-corrected chi connectivity index (χ3v) is 4.43. The molecule has 0 aromatic heterocycles. The summed E-state index contributed by atoms with van der Waals surface area (Å²) in [7, 11) is 0. The van der Waals surface area contributed by atoms with Crippen molar-refractivity contribution in [3.8, 4) is 11.5 Å². The number of hydrogen-bond acceptors (Lipinski definition) is 6. The van der Waals surface area contributed by atoms with Gasteiger partial charge in [0.05, 0.1) is 6.54 Å². The van der Waals surface area contributed by atoms with Gasteiger partial charge in [-0.05, 0) is 12.1 Å². The lowest BCUT2D eigenvalue weighted by molar-refractivity contribution is -0.184. The zero-order valence-electron chi connectivity index (χ0n) is 17.2. The van der Waals surface area contributed by atoms with Crippen LogP contribution in [0.5, 0.6) is 11.5 Å². The first-order valence-electron chi connectivity index (χ1n) is 8.81. The molecule has 0 aliphatic heterocycles. The molecule has 1 rings (SSSR count). The molecule has 0 fully saturated rings. The van der Waals surface area contributed by atoms with Gasteiger partial charge in [-0.25, -0.2) is 9.59 Å². The van der Waals surface area contributed by atoms with Gasteiger partial charge in [-0.3, -0.25) is 4.79 Å². The highest BCUT2D eigenvalue weighted by Gasteiger charge is 2.59. The topological polar surface area (TPSA) is 136 Å². The SMILES string of the molecule is CC(C)(C)C(Oc1cc(OCC(=O)O)cc(C(=O)CN)c1)(C(=O)O)C(C)(C)C. The average Bonchev–Trinajstić information content (AvgIpc) is 2.54. The van der Waals surface area contributed by atoms with Gasteiger partial charge in [0, 0.05) is 22.5 Å². The van der Waals surface area contributed by atoms with Gasteiger partial charge < -0.3 is 25.4 Å². The Morgan fingerprint density at radius 2 is 1.43 bits per heavy atom. The molecule has 0 saturated heterocycles. The highest BCUT2D eigenvalue weighted by molar-refractivity contribution is 5.98. The summed E-state index contributed by atoms with van der Waals surface area (Å²) in [6.45, 7) is 9.62. The molecule has 0 heterocycles. The molecule has 8 nitrogen and oxygen atoms in total. The van der Waals surface area contributed by atoms with Gasteiger partial charge in [-0.2, -0.15) is 0 Å². The van der Waals surface area contributed by atoms with Crippen LogP contribution in [-0.4, -0.2) is 46.7 Å². The lowest BCUT2D eigenvalue weighted by Crippen LogP contribution is -2.63. The van der Waals surface area contributed by atoms with Crippen molar-refractivity contribution in [1.29, 1.82) is 0 Å². The number of Topliss-reactive ketones (excluding diaryl/α,β-unsaturated/α-hetero) is 1. The van der Waals surface area contributed by atoms with E-state index in [0.29, 0.717) is 0 Å². The van der Waals surface area contributed by atoms with Crippen LogP contribution in [0, 0.1) is 10.8 Å². The second-order valence-electron chi connectivity index (χ2n) is 8.59. The van der Waals surface area contributed by atoms with E-state index in [1.54, 1.807) is 41.5 Å². The minimum Gasteiger partial charge on any atom is -0.482 e. The number of carboxylic acids is 2. The van der Waals surface area contributed by atoms with Gasteiger partial charge in [0.2, 0.25) is 5.60 Å². The Balaban J connectivity index is 3.58. The number of rotatable bonds is 8. The Kier molecular flexibility index (Phi) is 6.84. The molecule has 1 aromatic rings. The normalized spacial score (nSPS) is 12.4. The minimum atomic E-state index is -1.66. The maximum Gasteiger partial charge on any atom is 0.349 e. The Hall–Kier alpha value is -2.61. The standard InChI is InChI=1S/C20H29NO7/c1-18(2,3)20(17(25)26,19(4,5)6)28-14-8-12(15(22)10-21)7-13(9-14)27-11-16(23)24/h7-9H,10-11,21H2,1-6H3,(H,23,24)(H,25,26). The largest absolute Gasteiger partial charge is 0.482 e. The highest BCUT2D eigenvalue weighted by atomic mass is 16.5. The lowest BCUT2D eigenvalue weighted by Gasteiger charge is -2.49. The second-order valence-corrected chi connectivity index (χ2v) is 8.59. The van der Waals surface area contributed by atoms with Crippen molar-refractivity contribution in [2.24, 2.45) is 16.6 Å². The lowest BCUT2D eigenvalue weighted by atomic mass is 9.62. The summed E-state index contributed by atoms with van der Waals surface area (Å²) < 4.78 is 11.2. The van der Waals surface area contributed by atoms with E-state index in [1.807, 2.05) is 0 Å². The minimum absolute atomic E-state index is 0.0683. The summed E-state index contributed by atoms with van der Waals surface area (Å²) in [5.74, 6) is -2.62. The molecule has 156 valence electrons. The van der Waals surface area contributed by atoms with E-state index in [1.165, 1.54) is 18.2 Å². The van der Waals surface area contributed by atoms with E-state index in [2.05, 4.69) is 0 Å². The predicted molar refractivity (Wildman–Crippen MR) is 103 cm³/mol. The summed E-state index contributed by atoms with van der Waals surface area (Å²) in [6.07, 6.45) is 0. The predicted octanol–water partition coefficient (Wildman–Crippen LogP) is 2.59. The van der Waals surface area contributed by atoms with Crippen molar-refractivity contribution in [3.63, 3.8) is 0 Å². The molecule has 4 N–H and O–H groups in total. The molecule has 1 aromatic carbocycles. The maximum absolute atomic E-state index is 12.4. The Morgan fingerprint density at radius 1 is 0.929 bits per heavy atom. The van der Waals surface area contributed by atoms with Gasteiger partial charge in [0.15, 0.2) is 12.4 Å². The van der Waals surface area contributed by atoms with Crippen LogP contribution in [0.1, 0.15) is 51.9 Å². The number of ether oxygens (including phenoxy) is 2. The number of hydrogen-bond donors (Lipinski definition) is 3. The first-order chi connectivity index (χ1) is 12.7. The molecule has 0 spiro atoms. The molecule has 0 aliphatic carbocycles. The first kappa shape index (κ1) is 23.4. The molecular formula is C20H29NO7. The average molecular weight is 395 g/mol. The van der Waals surface area contributed by atoms with Crippen molar-refractivity contribution in [2.45, 2.75) is 47.1 Å². The van der Waals surface area contributed by atoms with Gasteiger partial charge >= 0.3 is 11.9 Å². The zero-order chi connectivity index (χ0) is 21.9. The molecular weight excluding hydrogens is 366 g/mol. The van der Waals surface area contributed by atoms with Crippen molar-refractivity contribution >= 4 is 17.7 Å². The molecule has 0 amide bonds. The van der Waals surface area contributed by atoms with Crippen LogP contribution in [0.4, 0.5) is 0 Å². The summed E-state index contributed by atoms with van der Waals surface area (Å²) in [4.78, 5) is 35.2. The second kappa shape index (κ2) is 8.18. The first-order valence-corrected chi connectivity index (χ1v) is 8.81. The third kappa shape index (κ3) is 4.81. The van der Waals surface area contributed by atoms with Crippen molar-refractivity contribution < 1.29 is 34.1 Å². The molecule has 8 heteroatoms. The van der Waals surface area contributed by atoms with Crippen LogP contribution < -0.4 is 15.2 Å². The number of carboxylic acid groups (broad SMARTS) is 2. The Morgan fingerprint density at radius 3 is 1.82 bits per heavy atom. The van der Waals surface area contributed by atoms with Crippen molar-refractivity contribution in [2.75, 3.05) is 13.2 Å². The summed E-state index contributed by atoms with van der Waals surface area (Å²) in [5, 5.41) is 18.9. The van der Waals surface area contributed by atoms with Gasteiger partial charge in [-0.1, -0.05) is 41.5 Å². The molecule has 0 bridgehead atoms. The molecule has 0 atom stereocenters. The van der Waals surface area contributed by atoms with Crippen LogP contribution >= 0.6 is 0 Å². The van der Waals surface area contributed by atoms with Crippen LogP contribution in [0.25, 0.3) is 0 Å². The maximum atomic E-state index is 12.4. The number of carbonyl (C=O) groups is 3. The third-order valence-electron chi connectivity index (χ3n) is 4.43. The number of ketones is 1. The quantitative estimate of drug-likeness (QED) is 0.571. The smallest absolute Gasteiger partial charge is 0.349 e. The number of benzene rings is 1. The van der Waals surface area contributed by atoms with E-state index in [0.717, 1.165) is 0 Å². The van der Waals surface area contributed by atoms with E-state index in [4.69, 9.17) is 20.3 Å². The van der Waals surface area contributed by atoms with Crippen LogP contribution in [0.15, 0.2) is 18.2 Å². The van der Waals surface area contributed by atoms with Crippen molar-refractivity contribution in [1.82, 2.24) is 0 Å². The highest BCUT2D eigenvalue weighted by Crippen LogP contribution is 2.47. The summed E-state index contributed by atoms with van der Waals surface area (Å²) in [5.41, 5.74) is 2.25. The fourth-order valence-corrected chi connectivity index (χ4v) is 3.43. The number of aliphatic carboxylic acids is 2. The Bertz CT molecular complexity index is 743. The molecule has 0 radical (unpaired) electrons. The van der Waals surface area contributed by atoms with E-state index >= 15 is 0 Å². The Labute approximate surface area is 164 Å². The van der Waals surface area contributed by atoms with Gasteiger partial charge in [0.25, 0.3) is 0 Å². The van der Waals surface area contributed by atoms with Crippen LogP contribution in [0.2, 0.25) is 0 Å². The zero-order valence-corrected chi connectivity index (χ0v) is 17.2. The van der Waals surface area contributed by atoms with E-state index in [9.17, 15) is 19.5 Å². The van der Waals surface area contributed by atoms with Gasteiger partial charge in [0.1, 0.15) is 11.5 Å². The number of carbonyl (C=O) groups excluding carboxylic acids is 1. The molecule has 0 aliphatic rings.